The molecular weight excluding hydrogens is 394 g/mol. The molecule has 0 saturated heterocycles. The van der Waals surface area contributed by atoms with Gasteiger partial charge in [-0.25, -0.2) is 0 Å². The predicted octanol–water partition coefficient (Wildman–Crippen LogP) is 5.42. The summed E-state index contributed by atoms with van der Waals surface area (Å²) in [5.41, 5.74) is 3.37. The van der Waals surface area contributed by atoms with Gasteiger partial charge in [0.1, 0.15) is 5.82 Å². The van der Waals surface area contributed by atoms with Crippen molar-refractivity contribution in [2.75, 3.05) is 0 Å². The van der Waals surface area contributed by atoms with E-state index in [-0.39, 0.29) is 5.25 Å². The summed E-state index contributed by atoms with van der Waals surface area (Å²) < 4.78 is 8.21. The molecule has 0 N–H and O–H groups in total. The maximum absolute atomic E-state index is 5.97. The summed E-state index contributed by atoms with van der Waals surface area (Å²) in [5.74, 6) is 2.75. The number of benzene rings is 2. The lowest BCUT2D eigenvalue weighted by Gasteiger charge is -2.11. The number of hydrogen-bond donors (Lipinski definition) is 0. The van der Waals surface area contributed by atoms with Crippen molar-refractivity contribution in [1.29, 1.82) is 0 Å². The van der Waals surface area contributed by atoms with Crippen LogP contribution in [0.4, 0.5) is 0 Å². The first kappa shape index (κ1) is 19.1. The van der Waals surface area contributed by atoms with Crippen LogP contribution in [0.15, 0.2) is 64.2 Å². The van der Waals surface area contributed by atoms with E-state index >= 15 is 0 Å². The smallest absolute Gasteiger partial charge is 0.247 e. The normalized spacial score (nSPS) is 14.7. The third kappa shape index (κ3) is 4.03. The minimum atomic E-state index is -0.0255. The maximum atomic E-state index is 5.97. The fourth-order valence-corrected chi connectivity index (χ4v) is 4.25. The SMILES string of the molecule is Cc1ccc(-c2nnc(C(C)Sc3nnc(C4CC4)n3Cc3ccccc3)o2)cc1. The van der Waals surface area contributed by atoms with Crippen molar-refractivity contribution in [2.45, 2.75) is 49.6 Å². The Kier molecular flexibility index (Phi) is 5.12. The average molecular weight is 418 g/mol. The van der Waals surface area contributed by atoms with Crippen LogP contribution in [0.2, 0.25) is 0 Å². The lowest BCUT2D eigenvalue weighted by molar-refractivity contribution is 0.508. The number of aryl methyl sites for hydroxylation is 1. The van der Waals surface area contributed by atoms with Crippen LogP contribution in [0.1, 0.15) is 53.8 Å². The van der Waals surface area contributed by atoms with E-state index in [1.165, 1.54) is 24.0 Å². The van der Waals surface area contributed by atoms with Crippen molar-refractivity contribution < 1.29 is 4.42 Å². The third-order valence-electron chi connectivity index (χ3n) is 5.24. The molecule has 2 heterocycles. The van der Waals surface area contributed by atoms with Crippen molar-refractivity contribution >= 4 is 11.8 Å². The van der Waals surface area contributed by atoms with E-state index in [0.29, 0.717) is 17.7 Å². The number of nitrogens with zero attached hydrogens (tertiary/aromatic N) is 5. The molecule has 6 nitrogen and oxygen atoms in total. The molecule has 0 spiro atoms. The number of thioether (sulfide) groups is 1. The molecule has 0 amide bonds. The zero-order valence-electron chi connectivity index (χ0n) is 17.0. The van der Waals surface area contributed by atoms with Crippen LogP contribution in [0, 0.1) is 6.92 Å². The summed E-state index contributed by atoms with van der Waals surface area (Å²) in [5, 5.41) is 18.4. The second-order valence-corrected chi connectivity index (χ2v) is 9.07. The first-order valence-electron chi connectivity index (χ1n) is 10.2. The van der Waals surface area contributed by atoms with Gasteiger partial charge in [-0.05, 0) is 44.4 Å². The van der Waals surface area contributed by atoms with Crippen molar-refractivity contribution in [3.05, 3.63) is 77.4 Å². The quantitative estimate of drug-likeness (QED) is 0.374. The molecule has 1 aliphatic rings. The van der Waals surface area contributed by atoms with Crippen molar-refractivity contribution in [2.24, 2.45) is 0 Å². The topological polar surface area (TPSA) is 69.6 Å². The van der Waals surface area contributed by atoms with Crippen LogP contribution >= 0.6 is 11.8 Å². The van der Waals surface area contributed by atoms with E-state index in [4.69, 9.17) is 4.42 Å². The Bertz CT molecular complexity index is 1130. The highest BCUT2D eigenvalue weighted by Crippen LogP contribution is 2.42. The Morgan fingerprint density at radius 2 is 1.77 bits per heavy atom. The Labute approximate surface area is 179 Å². The van der Waals surface area contributed by atoms with Crippen molar-refractivity contribution in [3.8, 4) is 11.5 Å². The molecule has 1 saturated carbocycles. The van der Waals surface area contributed by atoms with Gasteiger partial charge in [-0.2, -0.15) is 0 Å². The van der Waals surface area contributed by atoms with E-state index in [2.05, 4.69) is 63.1 Å². The van der Waals surface area contributed by atoms with Crippen LogP contribution in [0.5, 0.6) is 0 Å². The molecule has 0 radical (unpaired) electrons. The largest absolute Gasteiger partial charge is 0.419 e. The molecule has 7 heteroatoms. The Hall–Kier alpha value is -2.93. The molecule has 2 aromatic heterocycles. The molecule has 5 rings (SSSR count). The highest BCUT2D eigenvalue weighted by molar-refractivity contribution is 7.99. The van der Waals surface area contributed by atoms with E-state index in [9.17, 15) is 0 Å². The minimum absolute atomic E-state index is 0.0255. The van der Waals surface area contributed by atoms with E-state index in [0.717, 1.165) is 23.1 Å². The van der Waals surface area contributed by atoms with Crippen molar-refractivity contribution in [1.82, 2.24) is 25.0 Å². The fraction of sp³-hybridized carbons (Fsp3) is 0.304. The molecular formula is C23H23N5OS. The summed E-state index contributed by atoms with van der Waals surface area (Å²) in [4.78, 5) is 0. The second-order valence-electron chi connectivity index (χ2n) is 7.76. The molecule has 1 aliphatic carbocycles. The lowest BCUT2D eigenvalue weighted by Crippen LogP contribution is -2.06. The zero-order valence-corrected chi connectivity index (χ0v) is 17.8. The molecule has 152 valence electrons. The first-order chi connectivity index (χ1) is 14.7. The monoisotopic (exact) mass is 417 g/mol. The van der Waals surface area contributed by atoms with E-state index < -0.39 is 0 Å². The Balaban J connectivity index is 1.37. The van der Waals surface area contributed by atoms with E-state index in [1.807, 2.05) is 30.3 Å². The standard InChI is InChI=1S/C23H23N5OS/c1-15-8-10-19(11-9-15)22-26-25-21(29-22)16(2)30-23-27-24-20(18-12-13-18)28(23)14-17-6-4-3-5-7-17/h3-11,16,18H,12-14H2,1-2H3. The van der Waals surface area contributed by atoms with Gasteiger partial charge in [0.2, 0.25) is 11.8 Å². The number of rotatable bonds is 7. The number of hydrogen-bond acceptors (Lipinski definition) is 6. The van der Waals surface area contributed by atoms with Crippen LogP contribution in [0.3, 0.4) is 0 Å². The molecule has 2 aromatic carbocycles. The predicted molar refractivity (Wildman–Crippen MR) is 116 cm³/mol. The summed E-state index contributed by atoms with van der Waals surface area (Å²) in [6.45, 7) is 4.89. The maximum Gasteiger partial charge on any atom is 0.247 e. The molecule has 4 aromatic rings. The van der Waals surface area contributed by atoms with Crippen LogP contribution in [0.25, 0.3) is 11.5 Å². The third-order valence-corrected chi connectivity index (χ3v) is 6.31. The van der Waals surface area contributed by atoms with Gasteiger partial charge in [0.05, 0.1) is 11.8 Å². The highest BCUT2D eigenvalue weighted by atomic mass is 32.2. The van der Waals surface area contributed by atoms with Gasteiger partial charge < -0.3 is 8.98 Å². The summed E-state index contributed by atoms with van der Waals surface area (Å²) in [6, 6.07) is 18.5. The minimum Gasteiger partial charge on any atom is -0.419 e. The van der Waals surface area contributed by atoms with Crippen LogP contribution < -0.4 is 0 Å². The Morgan fingerprint density at radius 3 is 2.50 bits per heavy atom. The fourth-order valence-electron chi connectivity index (χ4n) is 3.37. The van der Waals surface area contributed by atoms with Crippen LogP contribution in [-0.4, -0.2) is 25.0 Å². The van der Waals surface area contributed by atoms with Gasteiger partial charge in [-0.1, -0.05) is 59.8 Å². The van der Waals surface area contributed by atoms with Crippen molar-refractivity contribution in [3.63, 3.8) is 0 Å². The zero-order chi connectivity index (χ0) is 20.5. The van der Waals surface area contributed by atoms with Gasteiger partial charge in [0, 0.05) is 11.5 Å². The second kappa shape index (κ2) is 8.07. The van der Waals surface area contributed by atoms with Crippen LogP contribution in [-0.2, 0) is 6.54 Å². The summed E-state index contributed by atoms with van der Waals surface area (Å²) >= 11 is 1.61. The summed E-state index contributed by atoms with van der Waals surface area (Å²) in [7, 11) is 0. The molecule has 0 aliphatic heterocycles. The Morgan fingerprint density at radius 1 is 1.00 bits per heavy atom. The van der Waals surface area contributed by atoms with Gasteiger partial charge in [0.25, 0.3) is 0 Å². The molecule has 1 fully saturated rings. The molecule has 30 heavy (non-hydrogen) atoms. The highest BCUT2D eigenvalue weighted by Gasteiger charge is 2.31. The molecule has 0 bridgehead atoms. The summed E-state index contributed by atoms with van der Waals surface area (Å²) in [6.07, 6.45) is 2.38. The van der Waals surface area contributed by atoms with Gasteiger partial charge >= 0.3 is 0 Å². The average Bonchev–Trinajstić information content (AvgIpc) is 3.35. The number of aromatic nitrogens is 5. The lowest BCUT2D eigenvalue weighted by atomic mass is 10.1. The van der Waals surface area contributed by atoms with E-state index in [1.54, 1.807) is 11.8 Å². The van der Waals surface area contributed by atoms with Gasteiger partial charge in [-0.3, -0.25) is 0 Å². The van der Waals surface area contributed by atoms with Gasteiger partial charge in [0.15, 0.2) is 5.16 Å². The molecule has 1 unspecified atom stereocenters. The first-order valence-corrected chi connectivity index (χ1v) is 11.1. The van der Waals surface area contributed by atoms with Gasteiger partial charge in [-0.15, -0.1) is 20.4 Å². The molecule has 1 atom stereocenters.